The van der Waals surface area contributed by atoms with Gasteiger partial charge in [0.15, 0.2) is 5.65 Å². The Bertz CT molecular complexity index is 586. The molecule has 18 heavy (non-hydrogen) atoms. The van der Waals surface area contributed by atoms with E-state index >= 15 is 0 Å². The largest absolute Gasteiger partial charge is 1.00 e. The first-order valence-corrected chi connectivity index (χ1v) is 5.73. The van der Waals surface area contributed by atoms with Gasteiger partial charge in [0.2, 0.25) is 0 Å². The number of aromatic nitrogens is 3. The third-order valence-corrected chi connectivity index (χ3v) is 3.28. The van der Waals surface area contributed by atoms with Crippen molar-refractivity contribution in [2.75, 3.05) is 13.1 Å². The van der Waals surface area contributed by atoms with Gasteiger partial charge in [-0.1, -0.05) is 0 Å². The average Bonchev–Trinajstić information content (AvgIpc) is 2.66. The van der Waals surface area contributed by atoms with E-state index in [9.17, 15) is 10.0 Å². The molecular formula is C11H13KN4O2. The Morgan fingerprint density at radius 3 is 2.83 bits per heavy atom. The molecule has 0 unspecified atom stereocenters. The van der Waals surface area contributed by atoms with Crippen molar-refractivity contribution in [1.29, 1.82) is 0 Å². The van der Waals surface area contributed by atoms with Crippen LogP contribution in [0.3, 0.4) is 0 Å². The number of rotatable bonds is 1. The number of hydroxylamine groups is 2. The Labute approximate surface area is 146 Å². The standard InChI is InChI=1S/C11H13N4O2.K/c16-11-13-10-9(2-1-5-12-10)15(11)8-3-6-14(17)7-4-8;/h1-2,5,8H,3-4,6-7H2,(H,12,13,16);/q-1;+1. The fourth-order valence-electron chi connectivity index (χ4n) is 2.42. The first kappa shape index (κ1) is 14.4. The number of fused-ring (bicyclic) bond motifs is 1. The molecule has 0 aromatic carbocycles. The number of hydrogen-bond acceptors (Lipinski definition) is 4. The minimum absolute atomic E-state index is 0. The molecule has 0 saturated carbocycles. The Kier molecular flexibility index (Phi) is 4.76. The van der Waals surface area contributed by atoms with Gasteiger partial charge in [-0.3, -0.25) is 9.55 Å². The monoisotopic (exact) mass is 272 g/mol. The summed E-state index contributed by atoms with van der Waals surface area (Å²) < 4.78 is 1.73. The maximum atomic E-state index is 11.9. The van der Waals surface area contributed by atoms with Crippen molar-refractivity contribution >= 4 is 11.2 Å². The molecule has 2 aromatic heterocycles. The van der Waals surface area contributed by atoms with Gasteiger partial charge in [0, 0.05) is 12.2 Å². The van der Waals surface area contributed by atoms with Gasteiger partial charge in [-0.15, -0.1) is 0 Å². The molecular weight excluding hydrogens is 259 g/mol. The van der Waals surface area contributed by atoms with Crippen molar-refractivity contribution < 1.29 is 51.4 Å². The third kappa shape index (κ3) is 2.62. The van der Waals surface area contributed by atoms with E-state index < -0.39 is 0 Å². The number of H-pyrrole nitrogens is 1. The van der Waals surface area contributed by atoms with Crippen molar-refractivity contribution in [3.05, 3.63) is 34.0 Å². The number of nitrogens with one attached hydrogen (secondary N) is 1. The molecule has 1 aliphatic rings. The summed E-state index contributed by atoms with van der Waals surface area (Å²) in [5, 5.41) is 12.2. The van der Waals surface area contributed by atoms with E-state index in [0.717, 1.165) is 10.6 Å². The molecule has 0 bridgehead atoms. The molecule has 6 nitrogen and oxygen atoms in total. The molecule has 0 atom stereocenters. The Morgan fingerprint density at radius 2 is 2.11 bits per heavy atom. The van der Waals surface area contributed by atoms with Gasteiger partial charge in [-0.2, -0.15) is 0 Å². The SMILES string of the molecule is O=c1[nH]c2ncccc2n1C1CCN([O-])CC1.[K+]. The third-order valence-electron chi connectivity index (χ3n) is 3.28. The van der Waals surface area contributed by atoms with Crippen LogP contribution in [0.25, 0.3) is 11.2 Å². The molecule has 2 aromatic rings. The van der Waals surface area contributed by atoms with Crippen molar-refractivity contribution in [2.45, 2.75) is 18.9 Å². The van der Waals surface area contributed by atoms with Gasteiger partial charge in [-0.25, -0.2) is 9.78 Å². The summed E-state index contributed by atoms with van der Waals surface area (Å²) in [6, 6.07) is 3.80. The summed E-state index contributed by atoms with van der Waals surface area (Å²) in [6.07, 6.45) is 3.08. The molecule has 1 saturated heterocycles. The molecule has 1 fully saturated rings. The zero-order chi connectivity index (χ0) is 11.8. The molecule has 0 spiro atoms. The molecule has 3 heterocycles. The fourth-order valence-corrected chi connectivity index (χ4v) is 2.42. The Balaban J connectivity index is 0.00000120. The van der Waals surface area contributed by atoms with Crippen molar-refractivity contribution in [2.24, 2.45) is 0 Å². The van der Waals surface area contributed by atoms with Crippen LogP contribution in [0.2, 0.25) is 0 Å². The van der Waals surface area contributed by atoms with E-state index in [0.29, 0.717) is 31.6 Å². The van der Waals surface area contributed by atoms with Gasteiger partial charge >= 0.3 is 57.1 Å². The number of hydrogen-bond donors (Lipinski definition) is 1. The molecule has 1 N–H and O–H groups in total. The summed E-state index contributed by atoms with van der Waals surface area (Å²) in [5.41, 5.74) is 1.30. The zero-order valence-corrected chi connectivity index (χ0v) is 13.4. The van der Waals surface area contributed by atoms with Crippen LogP contribution < -0.4 is 57.1 Å². The predicted molar refractivity (Wildman–Crippen MR) is 63.6 cm³/mol. The number of nitrogens with zero attached hydrogens (tertiary/aromatic N) is 3. The van der Waals surface area contributed by atoms with Gasteiger partial charge in [0.25, 0.3) is 0 Å². The van der Waals surface area contributed by atoms with Crippen molar-refractivity contribution in [3.8, 4) is 0 Å². The van der Waals surface area contributed by atoms with Gasteiger partial charge in [-0.05, 0) is 38.1 Å². The Morgan fingerprint density at radius 1 is 1.39 bits per heavy atom. The van der Waals surface area contributed by atoms with E-state index in [1.165, 1.54) is 0 Å². The summed E-state index contributed by atoms with van der Waals surface area (Å²) in [6.45, 7) is 0.980. The van der Waals surface area contributed by atoms with Crippen molar-refractivity contribution in [1.82, 2.24) is 19.6 Å². The molecule has 0 aliphatic carbocycles. The second kappa shape index (κ2) is 5.95. The number of pyridine rings is 1. The van der Waals surface area contributed by atoms with Gasteiger partial charge in [0.1, 0.15) is 0 Å². The van der Waals surface area contributed by atoms with E-state index in [2.05, 4.69) is 9.97 Å². The van der Waals surface area contributed by atoms with Crippen LogP contribution in [-0.2, 0) is 0 Å². The normalized spacial score (nSPS) is 17.8. The second-order valence-electron chi connectivity index (χ2n) is 4.33. The van der Waals surface area contributed by atoms with Crippen LogP contribution in [0, 0.1) is 5.21 Å². The molecule has 0 radical (unpaired) electrons. The van der Waals surface area contributed by atoms with Gasteiger partial charge in [0.05, 0.1) is 5.52 Å². The van der Waals surface area contributed by atoms with Crippen LogP contribution in [0.1, 0.15) is 18.9 Å². The molecule has 90 valence electrons. The topological polar surface area (TPSA) is 77.0 Å². The quantitative estimate of drug-likeness (QED) is 0.601. The van der Waals surface area contributed by atoms with Crippen LogP contribution >= 0.6 is 0 Å². The zero-order valence-electron chi connectivity index (χ0n) is 10.3. The van der Waals surface area contributed by atoms with Crippen molar-refractivity contribution in [3.63, 3.8) is 0 Å². The van der Waals surface area contributed by atoms with Crippen LogP contribution in [0.15, 0.2) is 23.1 Å². The smallest absolute Gasteiger partial charge is 0.785 e. The van der Waals surface area contributed by atoms with Crippen LogP contribution in [0.4, 0.5) is 0 Å². The molecule has 1 aliphatic heterocycles. The van der Waals surface area contributed by atoms with E-state index in [-0.39, 0.29) is 63.1 Å². The second-order valence-corrected chi connectivity index (χ2v) is 4.33. The molecule has 7 heteroatoms. The Hall–Kier alpha value is -0.0236. The average molecular weight is 272 g/mol. The van der Waals surface area contributed by atoms with E-state index in [1.54, 1.807) is 10.8 Å². The van der Waals surface area contributed by atoms with Crippen LogP contribution in [0.5, 0.6) is 0 Å². The number of imidazole rings is 1. The number of aromatic amines is 1. The van der Waals surface area contributed by atoms with E-state index in [1.807, 2.05) is 12.1 Å². The minimum Gasteiger partial charge on any atom is -0.785 e. The van der Waals surface area contributed by atoms with E-state index in [4.69, 9.17) is 0 Å². The summed E-state index contributed by atoms with van der Waals surface area (Å²) in [7, 11) is 0. The summed E-state index contributed by atoms with van der Waals surface area (Å²) in [4.78, 5) is 18.8. The number of piperidine rings is 1. The van der Waals surface area contributed by atoms with Crippen LogP contribution in [-0.4, -0.2) is 32.7 Å². The molecule has 0 amide bonds. The fraction of sp³-hybridized carbons (Fsp3) is 0.455. The van der Waals surface area contributed by atoms with Gasteiger partial charge < -0.3 is 10.3 Å². The summed E-state index contributed by atoms with van der Waals surface area (Å²) in [5.74, 6) is 0. The first-order chi connectivity index (χ1) is 8.25. The first-order valence-electron chi connectivity index (χ1n) is 5.73. The predicted octanol–water partition coefficient (Wildman–Crippen LogP) is -2.14. The minimum atomic E-state index is -0.136. The maximum absolute atomic E-state index is 11.9. The maximum Gasteiger partial charge on any atom is 1.00 e. The summed E-state index contributed by atoms with van der Waals surface area (Å²) >= 11 is 0. The molecule has 3 rings (SSSR count).